The van der Waals surface area contributed by atoms with E-state index in [-0.39, 0.29) is 30.2 Å². The van der Waals surface area contributed by atoms with E-state index in [1.165, 1.54) is 0 Å². The molecule has 0 saturated carbocycles. The van der Waals surface area contributed by atoms with Gasteiger partial charge in [-0.3, -0.25) is 14.4 Å². The molecule has 1 N–H and O–H groups in total. The van der Waals surface area contributed by atoms with E-state index in [1.54, 1.807) is 4.90 Å². The molecule has 1 spiro atoms. The zero-order valence-corrected chi connectivity index (χ0v) is 23.2. The lowest BCUT2D eigenvalue weighted by Gasteiger charge is -2.42. The van der Waals surface area contributed by atoms with Gasteiger partial charge in [-0.25, -0.2) is 0 Å². The smallest absolute Gasteiger partial charge is 0.249 e. The van der Waals surface area contributed by atoms with Crippen molar-refractivity contribution in [2.75, 3.05) is 32.8 Å². The van der Waals surface area contributed by atoms with E-state index in [1.807, 2.05) is 61.8 Å². The van der Waals surface area contributed by atoms with Crippen LogP contribution in [0.15, 0.2) is 24.3 Å². The van der Waals surface area contributed by atoms with Gasteiger partial charge in [0, 0.05) is 26.2 Å². The van der Waals surface area contributed by atoms with Gasteiger partial charge in [0.25, 0.3) is 0 Å². The Labute approximate surface area is 221 Å². The predicted octanol–water partition coefficient (Wildman–Crippen LogP) is 2.76. The summed E-state index contributed by atoms with van der Waals surface area (Å²) in [7, 11) is 0. The maximum absolute atomic E-state index is 14.5. The summed E-state index contributed by atoms with van der Waals surface area (Å²) in [5.74, 6) is -2.05. The summed E-state index contributed by atoms with van der Waals surface area (Å²) in [5, 5.41) is 10.5. The number of aliphatic hydroxyl groups excluding tert-OH is 1. The number of carbonyl (C=O) groups excluding carboxylic acids is 3. The highest BCUT2D eigenvalue weighted by atomic mass is 16.5. The molecular formula is C29H45N3O5. The van der Waals surface area contributed by atoms with Gasteiger partial charge in [0.05, 0.1) is 30.1 Å². The molecule has 0 aliphatic carbocycles. The molecule has 8 heteroatoms. The van der Waals surface area contributed by atoms with Crippen LogP contribution in [0.1, 0.15) is 66.7 Å². The highest BCUT2D eigenvalue weighted by Gasteiger charge is 2.76. The lowest BCUT2D eigenvalue weighted by atomic mass is 9.73. The second-order valence-electron chi connectivity index (χ2n) is 11.2. The Kier molecular flexibility index (Phi) is 8.19. The Morgan fingerprint density at radius 1 is 0.946 bits per heavy atom. The monoisotopic (exact) mass is 515 g/mol. The van der Waals surface area contributed by atoms with E-state index >= 15 is 0 Å². The van der Waals surface area contributed by atoms with Crippen molar-refractivity contribution >= 4 is 17.7 Å². The third kappa shape index (κ3) is 4.24. The van der Waals surface area contributed by atoms with E-state index in [2.05, 4.69) is 6.92 Å². The number of hydrogen-bond acceptors (Lipinski definition) is 5. The first-order valence-corrected chi connectivity index (χ1v) is 14.3. The van der Waals surface area contributed by atoms with E-state index in [0.29, 0.717) is 32.6 Å². The van der Waals surface area contributed by atoms with Gasteiger partial charge in [-0.05, 0) is 25.2 Å². The van der Waals surface area contributed by atoms with Gasteiger partial charge >= 0.3 is 0 Å². The summed E-state index contributed by atoms with van der Waals surface area (Å²) in [6.07, 6.45) is 11.7. The molecule has 0 aromatic heterocycles. The Morgan fingerprint density at radius 2 is 1.62 bits per heavy atom. The van der Waals surface area contributed by atoms with Crippen molar-refractivity contribution in [3.05, 3.63) is 24.3 Å². The highest BCUT2D eigenvalue weighted by molar-refractivity contribution is 6.00. The third-order valence-corrected chi connectivity index (χ3v) is 9.16. The van der Waals surface area contributed by atoms with Crippen molar-refractivity contribution in [3.8, 4) is 0 Å². The Morgan fingerprint density at radius 3 is 2.22 bits per heavy atom. The van der Waals surface area contributed by atoms with Gasteiger partial charge in [-0.1, -0.05) is 71.8 Å². The molecule has 0 bridgehead atoms. The molecule has 3 amide bonds. The molecule has 4 heterocycles. The number of rotatable bonds is 10. The highest BCUT2D eigenvalue weighted by Crippen LogP contribution is 2.59. The number of nitrogens with zero attached hydrogens (tertiary/aromatic N) is 3. The molecule has 4 aliphatic heterocycles. The number of carbonyl (C=O) groups is 3. The van der Waals surface area contributed by atoms with Gasteiger partial charge < -0.3 is 24.5 Å². The zero-order valence-electron chi connectivity index (χ0n) is 23.2. The van der Waals surface area contributed by atoms with Crippen LogP contribution in [-0.4, -0.2) is 93.6 Å². The first-order chi connectivity index (χ1) is 17.8. The van der Waals surface area contributed by atoms with Crippen LogP contribution in [0.2, 0.25) is 0 Å². The average molecular weight is 516 g/mol. The lowest BCUT2D eigenvalue weighted by Crippen LogP contribution is -2.60. The SMILES string of the molecule is CCCCN1CC=C[C@]23O[C@]4(CC)C=CCN(CCC)C(=O)[C@@H]4[C@H]2C(=O)N([C@@H](CO)[C@@H](C)CC)C3C1=O. The van der Waals surface area contributed by atoms with Crippen LogP contribution in [-0.2, 0) is 19.1 Å². The van der Waals surface area contributed by atoms with E-state index in [9.17, 15) is 19.5 Å². The zero-order chi connectivity index (χ0) is 27.0. The average Bonchev–Trinajstić information content (AvgIpc) is 3.19. The minimum absolute atomic E-state index is 0.0220. The van der Waals surface area contributed by atoms with Crippen molar-refractivity contribution < 1.29 is 24.2 Å². The number of ether oxygens (including phenoxy) is 1. The molecule has 0 aromatic carbocycles. The molecule has 0 aromatic rings. The maximum atomic E-state index is 14.5. The Balaban J connectivity index is 1.90. The summed E-state index contributed by atoms with van der Waals surface area (Å²) in [6.45, 7) is 12.0. The second-order valence-corrected chi connectivity index (χ2v) is 11.2. The van der Waals surface area contributed by atoms with Crippen LogP contribution >= 0.6 is 0 Å². The van der Waals surface area contributed by atoms with Crippen LogP contribution in [0, 0.1) is 17.8 Å². The fourth-order valence-corrected chi connectivity index (χ4v) is 6.99. The van der Waals surface area contributed by atoms with Crippen molar-refractivity contribution in [1.29, 1.82) is 0 Å². The van der Waals surface area contributed by atoms with Crippen molar-refractivity contribution in [2.24, 2.45) is 17.8 Å². The van der Waals surface area contributed by atoms with Crippen molar-refractivity contribution in [2.45, 2.75) is 90.0 Å². The van der Waals surface area contributed by atoms with Crippen molar-refractivity contribution in [3.63, 3.8) is 0 Å². The number of aliphatic hydroxyl groups is 1. The largest absolute Gasteiger partial charge is 0.394 e. The van der Waals surface area contributed by atoms with E-state index < -0.39 is 35.1 Å². The van der Waals surface area contributed by atoms with Crippen LogP contribution in [0.25, 0.3) is 0 Å². The number of amides is 3. The van der Waals surface area contributed by atoms with Gasteiger partial charge in [0.1, 0.15) is 11.6 Å². The molecule has 37 heavy (non-hydrogen) atoms. The Bertz CT molecular complexity index is 950. The molecule has 4 rings (SSSR count). The summed E-state index contributed by atoms with van der Waals surface area (Å²) >= 11 is 0. The summed E-state index contributed by atoms with van der Waals surface area (Å²) in [4.78, 5) is 48.2. The first-order valence-electron chi connectivity index (χ1n) is 14.3. The van der Waals surface area contributed by atoms with Crippen molar-refractivity contribution in [1.82, 2.24) is 14.7 Å². The van der Waals surface area contributed by atoms with Gasteiger partial charge in [-0.15, -0.1) is 0 Å². The fourth-order valence-electron chi connectivity index (χ4n) is 6.99. The molecule has 206 valence electrons. The van der Waals surface area contributed by atoms with Gasteiger partial charge in [0.2, 0.25) is 17.7 Å². The molecule has 7 atom stereocenters. The number of unbranched alkanes of at least 4 members (excludes halogenated alkanes) is 1. The molecular weight excluding hydrogens is 470 g/mol. The van der Waals surface area contributed by atoms with E-state index in [0.717, 1.165) is 25.7 Å². The fraction of sp³-hybridized carbons (Fsp3) is 0.759. The van der Waals surface area contributed by atoms with Crippen LogP contribution < -0.4 is 0 Å². The first kappa shape index (κ1) is 27.8. The van der Waals surface area contributed by atoms with Crippen LogP contribution in [0.4, 0.5) is 0 Å². The van der Waals surface area contributed by atoms with Gasteiger partial charge in [0.15, 0.2) is 0 Å². The molecule has 1 unspecified atom stereocenters. The molecule has 0 radical (unpaired) electrons. The number of likely N-dealkylation sites (tertiary alicyclic amines) is 1. The second kappa shape index (κ2) is 10.9. The van der Waals surface area contributed by atoms with Crippen LogP contribution in [0.5, 0.6) is 0 Å². The summed E-state index contributed by atoms with van der Waals surface area (Å²) in [6, 6.07) is -1.45. The maximum Gasteiger partial charge on any atom is 0.249 e. The summed E-state index contributed by atoms with van der Waals surface area (Å²) in [5.41, 5.74) is -2.22. The minimum atomic E-state index is -1.26. The topological polar surface area (TPSA) is 90.4 Å². The number of fused-ring (bicyclic) bond motifs is 2. The quantitative estimate of drug-likeness (QED) is 0.452. The molecule has 2 saturated heterocycles. The molecule has 8 nitrogen and oxygen atoms in total. The normalized spacial score (nSPS) is 34.8. The standard InChI is InChI=1S/C29H45N3O5/c1-6-10-16-31-18-12-14-29-23(26(35)32(24(29)27(31)36)21(19-33)20(5)8-3)22-25(34)30(15-7-2)17-11-13-28(22,9-4)37-29/h11-14,20-24,33H,6-10,15-19H2,1-5H3/t20-,21-,22-,23-,24?,28+,29-/m0/s1. The van der Waals surface area contributed by atoms with E-state index in [4.69, 9.17) is 4.74 Å². The Hall–Kier alpha value is -2.19. The molecule has 4 aliphatic rings. The number of hydrogen-bond donors (Lipinski definition) is 1. The molecule has 2 fully saturated rings. The minimum Gasteiger partial charge on any atom is -0.394 e. The van der Waals surface area contributed by atoms with Crippen LogP contribution in [0.3, 0.4) is 0 Å². The summed E-state index contributed by atoms with van der Waals surface area (Å²) < 4.78 is 6.99. The predicted molar refractivity (Wildman–Crippen MR) is 141 cm³/mol. The van der Waals surface area contributed by atoms with Gasteiger partial charge in [-0.2, -0.15) is 0 Å². The third-order valence-electron chi connectivity index (χ3n) is 9.16. The lowest BCUT2D eigenvalue weighted by molar-refractivity contribution is -0.158.